The van der Waals surface area contributed by atoms with Crippen LogP contribution in [0, 0.1) is 39.0 Å². The van der Waals surface area contributed by atoms with E-state index in [2.05, 4.69) is 26.5 Å². The van der Waals surface area contributed by atoms with E-state index in [1.54, 1.807) is 25.5 Å². The maximum atomic E-state index is 12.5. The van der Waals surface area contributed by atoms with Crippen molar-refractivity contribution in [2.24, 2.45) is 7.05 Å². The van der Waals surface area contributed by atoms with Gasteiger partial charge in [-0.25, -0.2) is 9.97 Å². The summed E-state index contributed by atoms with van der Waals surface area (Å²) in [7, 11) is 1.84. The standard InChI is InChI=1S/C16H20N6OS/c1-8-13(7-17)16(19-12(5)18-8)24-11(4)15(23)20-14-9(2)21-22(6)10(14)3/h11H,1-6H3,(H,20,23). The summed E-state index contributed by atoms with van der Waals surface area (Å²) in [5.74, 6) is 0.428. The van der Waals surface area contributed by atoms with Crippen molar-refractivity contribution < 1.29 is 4.79 Å². The van der Waals surface area contributed by atoms with Crippen LogP contribution in [0.3, 0.4) is 0 Å². The third-order valence-corrected chi connectivity index (χ3v) is 4.78. The number of nitrogens with zero attached hydrogens (tertiary/aromatic N) is 5. The van der Waals surface area contributed by atoms with Gasteiger partial charge in [-0.05, 0) is 34.6 Å². The van der Waals surface area contributed by atoms with Crippen LogP contribution in [0.1, 0.15) is 35.4 Å². The predicted molar refractivity (Wildman–Crippen MR) is 92.9 cm³/mol. The first-order valence-corrected chi connectivity index (χ1v) is 8.35. The van der Waals surface area contributed by atoms with Crippen molar-refractivity contribution in [2.75, 3.05) is 5.32 Å². The monoisotopic (exact) mass is 344 g/mol. The highest BCUT2D eigenvalue weighted by Crippen LogP contribution is 2.27. The Hall–Kier alpha value is -2.40. The molecule has 1 N–H and O–H groups in total. The minimum Gasteiger partial charge on any atom is -0.322 e. The van der Waals surface area contributed by atoms with Gasteiger partial charge in [-0.3, -0.25) is 9.48 Å². The quantitative estimate of drug-likeness (QED) is 0.676. The van der Waals surface area contributed by atoms with Crippen molar-refractivity contribution in [3.63, 3.8) is 0 Å². The average molecular weight is 344 g/mol. The smallest absolute Gasteiger partial charge is 0.237 e. The molecule has 1 unspecified atom stereocenters. The highest BCUT2D eigenvalue weighted by molar-refractivity contribution is 8.00. The Morgan fingerprint density at radius 1 is 1.25 bits per heavy atom. The van der Waals surface area contributed by atoms with Gasteiger partial charge in [0, 0.05) is 7.05 Å². The summed E-state index contributed by atoms with van der Waals surface area (Å²) in [6, 6.07) is 2.12. The number of thioether (sulfide) groups is 1. The van der Waals surface area contributed by atoms with Gasteiger partial charge in [-0.1, -0.05) is 11.8 Å². The van der Waals surface area contributed by atoms with Gasteiger partial charge in [0.25, 0.3) is 0 Å². The third-order valence-electron chi connectivity index (χ3n) is 3.70. The first-order chi connectivity index (χ1) is 11.2. The zero-order chi connectivity index (χ0) is 18.0. The number of carbonyl (C=O) groups excluding carboxylic acids is 1. The lowest BCUT2D eigenvalue weighted by Gasteiger charge is -2.13. The summed E-state index contributed by atoms with van der Waals surface area (Å²) in [5, 5.41) is 16.6. The molecule has 0 aromatic carbocycles. The van der Waals surface area contributed by atoms with Crippen LogP contribution in [0.25, 0.3) is 0 Å². The lowest BCUT2D eigenvalue weighted by molar-refractivity contribution is -0.115. The molecule has 0 saturated carbocycles. The number of nitrogens with one attached hydrogen (secondary N) is 1. The minimum absolute atomic E-state index is 0.156. The SMILES string of the molecule is Cc1nc(C)c(C#N)c(SC(C)C(=O)Nc2c(C)nn(C)c2C)n1. The van der Waals surface area contributed by atoms with Crippen molar-refractivity contribution >= 4 is 23.4 Å². The summed E-state index contributed by atoms with van der Waals surface area (Å²) in [6.07, 6.45) is 0. The van der Waals surface area contributed by atoms with E-state index in [1.807, 2.05) is 20.9 Å². The van der Waals surface area contributed by atoms with E-state index in [4.69, 9.17) is 0 Å². The molecule has 0 fully saturated rings. The van der Waals surface area contributed by atoms with Gasteiger partial charge in [-0.2, -0.15) is 10.4 Å². The second-order valence-electron chi connectivity index (χ2n) is 5.57. The molecule has 0 bridgehead atoms. The molecule has 0 radical (unpaired) electrons. The first kappa shape index (κ1) is 17.9. The second kappa shape index (κ2) is 7.01. The first-order valence-electron chi connectivity index (χ1n) is 7.47. The van der Waals surface area contributed by atoms with Crippen molar-refractivity contribution in [2.45, 2.75) is 44.9 Å². The number of carbonyl (C=O) groups is 1. The zero-order valence-electron chi connectivity index (χ0n) is 14.6. The van der Waals surface area contributed by atoms with Crippen LogP contribution in [0.2, 0.25) is 0 Å². The molecule has 2 rings (SSSR count). The van der Waals surface area contributed by atoms with Crippen molar-refractivity contribution in [1.82, 2.24) is 19.7 Å². The highest BCUT2D eigenvalue weighted by Gasteiger charge is 2.21. The maximum absolute atomic E-state index is 12.5. The fourth-order valence-electron chi connectivity index (χ4n) is 2.30. The third kappa shape index (κ3) is 3.57. The number of hydrogen-bond acceptors (Lipinski definition) is 6. The van der Waals surface area contributed by atoms with Gasteiger partial charge in [0.15, 0.2) is 0 Å². The van der Waals surface area contributed by atoms with Gasteiger partial charge in [-0.15, -0.1) is 0 Å². The Morgan fingerprint density at radius 3 is 2.46 bits per heavy atom. The van der Waals surface area contributed by atoms with E-state index in [0.29, 0.717) is 22.1 Å². The Kier molecular flexibility index (Phi) is 5.24. The van der Waals surface area contributed by atoms with Crippen molar-refractivity contribution in [3.8, 4) is 6.07 Å². The summed E-state index contributed by atoms with van der Waals surface area (Å²) in [5.41, 5.74) is 3.43. The summed E-state index contributed by atoms with van der Waals surface area (Å²) < 4.78 is 1.73. The van der Waals surface area contributed by atoms with E-state index in [1.165, 1.54) is 11.8 Å². The van der Waals surface area contributed by atoms with Crippen molar-refractivity contribution in [3.05, 3.63) is 28.5 Å². The molecule has 1 atom stereocenters. The molecule has 0 aliphatic rings. The number of amides is 1. The molecule has 0 saturated heterocycles. The molecule has 0 aliphatic carbocycles. The lowest BCUT2D eigenvalue weighted by Crippen LogP contribution is -2.23. The van der Waals surface area contributed by atoms with Crippen LogP contribution in [0.4, 0.5) is 5.69 Å². The summed E-state index contributed by atoms with van der Waals surface area (Å²) >= 11 is 1.26. The van der Waals surface area contributed by atoms with Gasteiger partial charge in [0.05, 0.1) is 28.0 Å². The highest BCUT2D eigenvalue weighted by atomic mass is 32.2. The Bertz CT molecular complexity index is 836. The van der Waals surface area contributed by atoms with E-state index in [-0.39, 0.29) is 5.91 Å². The number of anilines is 1. The summed E-state index contributed by atoms with van der Waals surface area (Å²) in [6.45, 7) is 9.08. The molecule has 126 valence electrons. The predicted octanol–water partition coefficient (Wildman–Crippen LogP) is 2.43. The van der Waals surface area contributed by atoms with E-state index < -0.39 is 5.25 Å². The minimum atomic E-state index is -0.412. The van der Waals surface area contributed by atoms with Crippen LogP contribution in [0.5, 0.6) is 0 Å². The second-order valence-corrected chi connectivity index (χ2v) is 6.90. The maximum Gasteiger partial charge on any atom is 0.237 e. The number of hydrogen-bond donors (Lipinski definition) is 1. The van der Waals surface area contributed by atoms with Crippen molar-refractivity contribution in [1.29, 1.82) is 5.26 Å². The molecular formula is C16H20N6OS. The molecule has 8 heteroatoms. The van der Waals surface area contributed by atoms with Gasteiger partial charge in [0.1, 0.15) is 22.5 Å². The van der Waals surface area contributed by atoms with Gasteiger partial charge in [0.2, 0.25) is 5.91 Å². The van der Waals surface area contributed by atoms with Crippen LogP contribution in [-0.2, 0) is 11.8 Å². The van der Waals surface area contributed by atoms with Crippen LogP contribution in [0.15, 0.2) is 5.03 Å². The molecule has 0 spiro atoms. The zero-order valence-corrected chi connectivity index (χ0v) is 15.4. The fraction of sp³-hybridized carbons (Fsp3) is 0.438. The molecule has 24 heavy (non-hydrogen) atoms. The van der Waals surface area contributed by atoms with Crippen LogP contribution < -0.4 is 5.32 Å². The number of aromatic nitrogens is 4. The molecule has 2 heterocycles. The normalized spacial score (nSPS) is 11.9. The van der Waals surface area contributed by atoms with Gasteiger partial charge >= 0.3 is 0 Å². The number of aryl methyl sites for hydroxylation is 4. The number of nitriles is 1. The van der Waals surface area contributed by atoms with Gasteiger partial charge < -0.3 is 5.32 Å². The Labute approximate surface area is 145 Å². The largest absolute Gasteiger partial charge is 0.322 e. The molecule has 1 amide bonds. The lowest BCUT2D eigenvalue weighted by atomic mass is 10.3. The molecular weight excluding hydrogens is 324 g/mol. The Morgan fingerprint density at radius 2 is 1.92 bits per heavy atom. The number of rotatable bonds is 4. The molecule has 2 aromatic heterocycles. The van der Waals surface area contributed by atoms with Crippen LogP contribution in [-0.4, -0.2) is 30.9 Å². The van der Waals surface area contributed by atoms with E-state index >= 15 is 0 Å². The fourth-order valence-corrected chi connectivity index (χ4v) is 3.29. The van der Waals surface area contributed by atoms with E-state index in [9.17, 15) is 10.1 Å². The molecule has 7 nitrogen and oxygen atoms in total. The van der Waals surface area contributed by atoms with Crippen LogP contribution >= 0.6 is 11.8 Å². The summed E-state index contributed by atoms with van der Waals surface area (Å²) in [4.78, 5) is 21.0. The molecule has 2 aromatic rings. The average Bonchev–Trinajstić information content (AvgIpc) is 2.73. The Balaban J connectivity index is 2.20. The van der Waals surface area contributed by atoms with E-state index in [0.717, 1.165) is 17.1 Å². The topological polar surface area (TPSA) is 96.5 Å². The molecule has 0 aliphatic heterocycles.